The van der Waals surface area contributed by atoms with Gasteiger partial charge in [0, 0.05) is 30.4 Å². The van der Waals surface area contributed by atoms with Crippen LogP contribution in [-0.4, -0.2) is 54.7 Å². The largest absolute Gasteiger partial charge is 0.494 e. The molecule has 0 saturated carbocycles. The summed E-state index contributed by atoms with van der Waals surface area (Å²) < 4.78 is 6.07. The standard InChI is InChI=1S/C37H47N5O3/c1-8-9-10-19-42(33-24-28-15-12-17-38-35(28)40-36(33)43)37(44)39-34-31(25(2)3)22-29(23-32(34)26(4)5)27-14-11-16-30(21-27)45-20-13-18-41(6)7/h8,11-12,14-17,21-26H,1,9-10,13,18-20H2,2-7H3,(H,39,44)(H,38,40,43). The van der Waals surface area contributed by atoms with Gasteiger partial charge in [-0.3, -0.25) is 9.69 Å². The zero-order valence-electron chi connectivity index (χ0n) is 27.5. The Labute approximate surface area is 267 Å². The van der Waals surface area contributed by atoms with Crippen LogP contribution >= 0.6 is 0 Å². The van der Waals surface area contributed by atoms with Crippen molar-refractivity contribution >= 4 is 28.4 Å². The minimum absolute atomic E-state index is 0.132. The molecule has 238 valence electrons. The first kappa shape index (κ1) is 33.5. The molecule has 45 heavy (non-hydrogen) atoms. The second-order valence-corrected chi connectivity index (χ2v) is 12.3. The number of benzene rings is 2. The third kappa shape index (κ3) is 8.60. The number of hydrogen-bond donors (Lipinski definition) is 2. The summed E-state index contributed by atoms with van der Waals surface area (Å²) in [6, 6.07) is 17.6. The van der Waals surface area contributed by atoms with Crippen molar-refractivity contribution in [1.29, 1.82) is 0 Å². The van der Waals surface area contributed by atoms with Gasteiger partial charge in [0.2, 0.25) is 0 Å². The monoisotopic (exact) mass is 609 g/mol. The van der Waals surface area contributed by atoms with Crippen molar-refractivity contribution in [2.24, 2.45) is 0 Å². The van der Waals surface area contributed by atoms with E-state index in [2.05, 4.69) is 92.8 Å². The Bertz CT molecular complexity index is 1650. The molecule has 2 amide bonds. The van der Waals surface area contributed by atoms with E-state index in [1.807, 2.05) is 30.3 Å². The molecule has 2 N–H and O–H groups in total. The van der Waals surface area contributed by atoms with E-state index in [9.17, 15) is 9.59 Å². The van der Waals surface area contributed by atoms with Crippen LogP contribution in [0.4, 0.5) is 16.2 Å². The number of carbonyl (C=O) groups excluding carboxylic acids is 1. The third-order valence-corrected chi connectivity index (χ3v) is 7.78. The third-order valence-electron chi connectivity index (χ3n) is 7.78. The number of pyridine rings is 2. The summed E-state index contributed by atoms with van der Waals surface area (Å²) in [4.78, 5) is 38.1. The Balaban J connectivity index is 1.71. The zero-order valence-corrected chi connectivity index (χ0v) is 27.5. The van der Waals surface area contributed by atoms with Gasteiger partial charge >= 0.3 is 6.03 Å². The lowest BCUT2D eigenvalue weighted by Crippen LogP contribution is -2.39. The van der Waals surface area contributed by atoms with Crippen LogP contribution in [0.3, 0.4) is 0 Å². The summed E-state index contributed by atoms with van der Waals surface area (Å²) in [5, 5.41) is 4.00. The molecule has 0 bridgehead atoms. The summed E-state index contributed by atoms with van der Waals surface area (Å²) in [6.07, 6.45) is 5.79. The van der Waals surface area contributed by atoms with Crippen molar-refractivity contribution < 1.29 is 9.53 Å². The number of anilines is 2. The summed E-state index contributed by atoms with van der Waals surface area (Å²) in [6.45, 7) is 14.3. The molecule has 0 fully saturated rings. The summed E-state index contributed by atoms with van der Waals surface area (Å²) in [7, 11) is 4.12. The van der Waals surface area contributed by atoms with Gasteiger partial charge in [0.25, 0.3) is 5.56 Å². The van der Waals surface area contributed by atoms with Crippen molar-refractivity contribution in [1.82, 2.24) is 14.9 Å². The molecule has 2 aromatic heterocycles. The van der Waals surface area contributed by atoms with Gasteiger partial charge in [-0.25, -0.2) is 9.78 Å². The van der Waals surface area contributed by atoms with Crippen LogP contribution in [0.5, 0.6) is 5.75 Å². The molecule has 0 radical (unpaired) electrons. The Morgan fingerprint density at radius 1 is 0.978 bits per heavy atom. The van der Waals surface area contributed by atoms with E-state index >= 15 is 0 Å². The molecule has 0 unspecified atom stereocenters. The molecule has 0 aliphatic heterocycles. The fourth-order valence-electron chi connectivity index (χ4n) is 5.37. The Hall–Kier alpha value is -4.43. The molecule has 0 aliphatic rings. The molecule has 4 aromatic rings. The fraction of sp³-hybridized carbons (Fsp3) is 0.378. The minimum Gasteiger partial charge on any atom is -0.494 e. The molecular formula is C37H47N5O3. The Morgan fingerprint density at radius 2 is 1.71 bits per heavy atom. The van der Waals surface area contributed by atoms with Gasteiger partial charge in [-0.2, -0.15) is 0 Å². The van der Waals surface area contributed by atoms with Crippen LogP contribution in [0.2, 0.25) is 0 Å². The highest BCUT2D eigenvalue weighted by Gasteiger charge is 2.24. The van der Waals surface area contributed by atoms with Crippen LogP contribution in [0.25, 0.3) is 22.2 Å². The number of urea groups is 1. The first-order valence-corrected chi connectivity index (χ1v) is 15.8. The van der Waals surface area contributed by atoms with Crippen molar-refractivity contribution in [2.75, 3.05) is 44.0 Å². The van der Waals surface area contributed by atoms with E-state index in [1.54, 1.807) is 12.3 Å². The zero-order chi connectivity index (χ0) is 32.5. The van der Waals surface area contributed by atoms with E-state index in [-0.39, 0.29) is 29.1 Å². The second-order valence-electron chi connectivity index (χ2n) is 12.3. The van der Waals surface area contributed by atoms with Gasteiger partial charge in [0.15, 0.2) is 0 Å². The molecule has 0 aliphatic carbocycles. The lowest BCUT2D eigenvalue weighted by Gasteiger charge is -2.27. The summed E-state index contributed by atoms with van der Waals surface area (Å²) >= 11 is 0. The number of ether oxygens (including phenoxy) is 1. The number of aromatic amines is 1. The van der Waals surface area contributed by atoms with Crippen molar-refractivity contribution in [3.63, 3.8) is 0 Å². The molecule has 0 spiro atoms. The van der Waals surface area contributed by atoms with Crippen molar-refractivity contribution in [2.45, 2.75) is 58.8 Å². The highest BCUT2D eigenvalue weighted by Crippen LogP contribution is 2.38. The number of aromatic nitrogens is 2. The highest BCUT2D eigenvalue weighted by atomic mass is 16.5. The van der Waals surface area contributed by atoms with Gasteiger partial charge in [-0.15, -0.1) is 6.58 Å². The quantitative estimate of drug-likeness (QED) is 0.111. The number of unbranched alkanes of at least 4 members (excludes halogenated alkanes) is 1. The molecule has 8 heteroatoms. The molecule has 2 heterocycles. The minimum atomic E-state index is -0.359. The van der Waals surface area contributed by atoms with Gasteiger partial charge in [-0.05, 0) is 110 Å². The molecular weight excluding hydrogens is 562 g/mol. The average molecular weight is 610 g/mol. The van der Waals surface area contributed by atoms with Crippen molar-refractivity contribution in [3.05, 3.63) is 94.9 Å². The predicted octanol–water partition coefficient (Wildman–Crippen LogP) is 8.17. The molecule has 4 rings (SSSR count). The van der Waals surface area contributed by atoms with Crippen LogP contribution in [0, 0.1) is 0 Å². The molecule has 2 aromatic carbocycles. The normalized spacial score (nSPS) is 11.4. The number of carbonyl (C=O) groups is 1. The SMILES string of the molecule is C=CCCCN(C(=O)Nc1c(C(C)C)cc(-c2cccc(OCCCN(C)C)c2)cc1C(C)C)c1cc2cccnc2[nH]c1=O. The number of nitrogens with one attached hydrogen (secondary N) is 2. The van der Waals surface area contributed by atoms with Crippen molar-refractivity contribution in [3.8, 4) is 16.9 Å². The predicted molar refractivity (Wildman–Crippen MR) is 187 cm³/mol. The number of nitrogens with zero attached hydrogens (tertiary/aromatic N) is 3. The van der Waals surface area contributed by atoms with E-state index in [1.165, 1.54) is 4.90 Å². The van der Waals surface area contributed by atoms with Gasteiger partial charge in [-0.1, -0.05) is 45.9 Å². The highest BCUT2D eigenvalue weighted by molar-refractivity contribution is 6.03. The van der Waals surface area contributed by atoms with Gasteiger partial charge in [0.05, 0.1) is 6.61 Å². The second kappa shape index (κ2) is 15.5. The molecule has 8 nitrogen and oxygen atoms in total. The maximum Gasteiger partial charge on any atom is 0.326 e. The number of rotatable bonds is 14. The fourth-order valence-corrected chi connectivity index (χ4v) is 5.37. The number of allylic oxidation sites excluding steroid dienone is 1. The number of H-pyrrole nitrogens is 1. The van der Waals surface area contributed by atoms with Crippen LogP contribution in [0.15, 0.2) is 78.2 Å². The van der Waals surface area contributed by atoms with Gasteiger partial charge in [0.1, 0.15) is 17.1 Å². The maximum absolute atomic E-state index is 14.1. The topological polar surface area (TPSA) is 90.6 Å². The lowest BCUT2D eigenvalue weighted by molar-refractivity contribution is 0.256. The van der Waals surface area contributed by atoms with E-state index in [4.69, 9.17) is 4.74 Å². The number of hydrogen-bond acceptors (Lipinski definition) is 5. The molecule has 0 saturated heterocycles. The Kier molecular flexibility index (Phi) is 11.5. The van der Waals surface area contributed by atoms with Crippen LogP contribution in [-0.2, 0) is 0 Å². The smallest absolute Gasteiger partial charge is 0.326 e. The maximum atomic E-state index is 14.1. The number of fused-ring (bicyclic) bond motifs is 1. The van der Waals surface area contributed by atoms with E-state index in [0.29, 0.717) is 25.2 Å². The Morgan fingerprint density at radius 3 is 2.38 bits per heavy atom. The van der Waals surface area contributed by atoms with Gasteiger partial charge < -0.3 is 19.9 Å². The first-order valence-electron chi connectivity index (χ1n) is 15.8. The average Bonchev–Trinajstić information content (AvgIpc) is 3.01. The van der Waals surface area contributed by atoms with Crippen LogP contribution < -0.4 is 20.5 Å². The van der Waals surface area contributed by atoms with Crippen LogP contribution in [0.1, 0.15) is 69.9 Å². The van der Waals surface area contributed by atoms with E-state index < -0.39 is 0 Å². The summed E-state index contributed by atoms with van der Waals surface area (Å²) in [5.74, 6) is 1.10. The lowest BCUT2D eigenvalue weighted by atomic mass is 9.88. The molecule has 0 atom stereocenters. The summed E-state index contributed by atoms with van der Waals surface area (Å²) in [5.41, 5.74) is 5.40. The number of amides is 2. The van der Waals surface area contributed by atoms with E-state index in [0.717, 1.165) is 58.5 Å². The first-order chi connectivity index (χ1) is 21.6.